The maximum atomic E-state index is 11.8. The number of carbonyl (C=O) groups is 1. The van der Waals surface area contributed by atoms with E-state index in [4.69, 9.17) is 16.3 Å². The number of nitrogens with zero attached hydrogens (tertiary/aromatic N) is 3. The largest absolute Gasteiger partial charge is 0.506 e. The van der Waals surface area contributed by atoms with Gasteiger partial charge < -0.3 is 20.1 Å². The van der Waals surface area contributed by atoms with Gasteiger partial charge in [0.1, 0.15) is 11.5 Å². The van der Waals surface area contributed by atoms with Crippen LogP contribution in [-0.2, 0) is 4.79 Å². The molecule has 1 fully saturated rings. The summed E-state index contributed by atoms with van der Waals surface area (Å²) >= 11 is 6.40. The molecule has 0 spiro atoms. The van der Waals surface area contributed by atoms with E-state index < -0.39 is 0 Å². The molecule has 8 heteroatoms. The summed E-state index contributed by atoms with van der Waals surface area (Å²) in [6.07, 6.45) is 3.92. The Hall–Kier alpha value is -3.32. The Bertz CT molecular complexity index is 1180. The predicted octanol–water partition coefficient (Wildman–Crippen LogP) is 4.17. The van der Waals surface area contributed by atoms with E-state index >= 15 is 0 Å². The Morgan fingerprint density at radius 1 is 1.42 bits per heavy atom. The molecule has 2 N–H and O–H groups in total. The van der Waals surface area contributed by atoms with E-state index in [1.54, 1.807) is 18.2 Å². The number of hydrogen-bond donors (Lipinski definition) is 2. The van der Waals surface area contributed by atoms with Gasteiger partial charge in [-0.3, -0.25) is 4.79 Å². The summed E-state index contributed by atoms with van der Waals surface area (Å²) in [4.78, 5) is 22.6. The highest BCUT2D eigenvalue weighted by Gasteiger charge is 2.25. The Balaban J connectivity index is 1.61. The number of phenols is 1. The molecule has 1 aliphatic rings. The zero-order valence-corrected chi connectivity index (χ0v) is 18.1. The fourth-order valence-electron chi connectivity index (χ4n) is 3.92. The summed E-state index contributed by atoms with van der Waals surface area (Å²) in [7, 11) is 1.55. The van der Waals surface area contributed by atoms with Crippen LogP contribution in [-0.4, -0.2) is 52.1 Å². The number of carbonyl (C=O) groups excluding carboxylic acids is 1. The number of benzene rings is 2. The molecule has 0 saturated carbocycles. The smallest absolute Gasteiger partial charge is 0.246 e. The monoisotopic (exact) mass is 438 g/mol. The number of hydrogen-bond acceptors (Lipinski definition) is 6. The number of ether oxygens (including phenoxy) is 1. The van der Waals surface area contributed by atoms with Gasteiger partial charge >= 0.3 is 0 Å². The number of aromatic hydroxyl groups is 1. The SMILES string of the molecule is C=CC(=O)N1CC[C@H](Nc2ncc3cc(-c4c(C)c(OC)cc(O)c4Cl)ccc3n2)C1. The van der Waals surface area contributed by atoms with Crippen molar-refractivity contribution in [3.05, 3.63) is 53.7 Å². The van der Waals surface area contributed by atoms with Crippen molar-refractivity contribution in [1.29, 1.82) is 0 Å². The first-order valence-corrected chi connectivity index (χ1v) is 10.3. The van der Waals surface area contributed by atoms with Crippen LogP contribution in [0.4, 0.5) is 5.95 Å². The molecular weight excluding hydrogens is 416 g/mol. The highest BCUT2D eigenvalue weighted by Crippen LogP contribution is 2.42. The van der Waals surface area contributed by atoms with Crippen LogP contribution in [0.1, 0.15) is 12.0 Å². The maximum Gasteiger partial charge on any atom is 0.246 e. The molecule has 1 aromatic heterocycles. The van der Waals surface area contributed by atoms with Crippen LogP contribution in [0.25, 0.3) is 22.0 Å². The number of anilines is 1. The lowest BCUT2D eigenvalue weighted by atomic mass is 9.98. The van der Waals surface area contributed by atoms with Gasteiger partial charge in [-0.15, -0.1) is 0 Å². The number of amides is 1. The zero-order chi connectivity index (χ0) is 22.1. The van der Waals surface area contributed by atoms with Crippen molar-refractivity contribution in [2.24, 2.45) is 0 Å². The standard InChI is InChI=1S/C23H23ClN4O3/c1-4-20(30)28-8-7-16(12-28)26-23-25-11-15-9-14(5-6-17(15)27-23)21-13(2)19(31-3)10-18(29)22(21)24/h4-6,9-11,16,29H,1,7-8,12H2,2-3H3,(H,25,26,27)/t16-/m0/s1. The molecule has 0 bridgehead atoms. The Labute approximate surface area is 185 Å². The molecule has 1 atom stereocenters. The van der Waals surface area contributed by atoms with Gasteiger partial charge in [-0.05, 0) is 37.1 Å². The Morgan fingerprint density at radius 3 is 2.97 bits per heavy atom. The van der Waals surface area contributed by atoms with Crippen LogP contribution in [0.3, 0.4) is 0 Å². The molecule has 3 aromatic rings. The highest BCUT2D eigenvalue weighted by atomic mass is 35.5. The molecule has 4 rings (SSSR count). The van der Waals surface area contributed by atoms with Gasteiger partial charge in [-0.25, -0.2) is 9.97 Å². The minimum absolute atomic E-state index is 0.0319. The van der Waals surface area contributed by atoms with Crippen molar-refractivity contribution in [2.75, 3.05) is 25.5 Å². The quantitative estimate of drug-likeness (QED) is 0.581. The van der Waals surface area contributed by atoms with E-state index in [0.717, 1.165) is 28.5 Å². The van der Waals surface area contributed by atoms with Crippen LogP contribution in [0.5, 0.6) is 11.5 Å². The molecule has 0 unspecified atom stereocenters. The van der Waals surface area contributed by atoms with E-state index in [9.17, 15) is 9.90 Å². The fraction of sp³-hybridized carbons (Fsp3) is 0.261. The average molecular weight is 439 g/mol. The second kappa shape index (κ2) is 8.43. The van der Waals surface area contributed by atoms with Gasteiger partial charge in [0.15, 0.2) is 0 Å². The van der Waals surface area contributed by atoms with Crippen molar-refractivity contribution < 1.29 is 14.6 Å². The molecule has 7 nitrogen and oxygen atoms in total. The van der Waals surface area contributed by atoms with E-state index in [0.29, 0.717) is 30.4 Å². The third-order valence-corrected chi connectivity index (χ3v) is 5.94. The molecule has 1 saturated heterocycles. The van der Waals surface area contributed by atoms with Gasteiger partial charge in [-0.2, -0.15) is 0 Å². The van der Waals surface area contributed by atoms with E-state index in [1.165, 1.54) is 12.1 Å². The Kier molecular flexibility index (Phi) is 5.69. The van der Waals surface area contributed by atoms with Gasteiger partial charge in [0, 0.05) is 47.9 Å². The molecule has 0 aliphatic carbocycles. The lowest BCUT2D eigenvalue weighted by Gasteiger charge is -2.16. The predicted molar refractivity (Wildman–Crippen MR) is 122 cm³/mol. The second-order valence-electron chi connectivity index (χ2n) is 7.50. The first kappa shape index (κ1) is 20.9. The molecule has 1 aliphatic heterocycles. The first-order valence-electron chi connectivity index (χ1n) is 9.92. The van der Waals surface area contributed by atoms with E-state index in [2.05, 4.69) is 21.9 Å². The van der Waals surface area contributed by atoms with Crippen LogP contribution in [0.15, 0.2) is 43.1 Å². The Morgan fingerprint density at radius 2 is 2.23 bits per heavy atom. The first-order chi connectivity index (χ1) is 14.9. The lowest BCUT2D eigenvalue weighted by Crippen LogP contribution is -2.30. The van der Waals surface area contributed by atoms with Crippen LogP contribution in [0.2, 0.25) is 5.02 Å². The van der Waals surface area contributed by atoms with Crippen LogP contribution < -0.4 is 10.1 Å². The maximum absolute atomic E-state index is 11.8. The number of phenolic OH excluding ortho intramolecular Hbond substituents is 1. The number of halogens is 1. The summed E-state index contributed by atoms with van der Waals surface area (Å²) in [6.45, 7) is 6.72. The minimum Gasteiger partial charge on any atom is -0.506 e. The number of fused-ring (bicyclic) bond motifs is 1. The van der Waals surface area contributed by atoms with Gasteiger partial charge in [0.25, 0.3) is 0 Å². The third-order valence-electron chi connectivity index (χ3n) is 5.55. The average Bonchev–Trinajstić information content (AvgIpc) is 3.24. The summed E-state index contributed by atoms with van der Waals surface area (Å²) < 4.78 is 5.36. The number of methoxy groups -OCH3 is 1. The molecule has 1 amide bonds. The number of rotatable bonds is 5. The van der Waals surface area contributed by atoms with Crippen molar-refractivity contribution in [2.45, 2.75) is 19.4 Å². The number of aromatic nitrogens is 2. The van der Waals surface area contributed by atoms with Gasteiger partial charge in [0.2, 0.25) is 11.9 Å². The zero-order valence-electron chi connectivity index (χ0n) is 17.4. The van der Waals surface area contributed by atoms with Gasteiger partial charge in [-0.1, -0.05) is 24.2 Å². The molecule has 2 aromatic carbocycles. The van der Waals surface area contributed by atoms with Crippen LogP contribution in [0, 0.1) is 6.92 Å². The highest BCUT2D eigenvalue weighted by molar-refractivity contribution is 6.35. The minimum atomic E-state index is -0.0613. The molecule has 160 valence electrons. The number of likely N-dealkylation sites (tertiary alicyclic amines) is 1. The van der Waals surface area contributed by atoms with E-state index in [1.807, 2.05) is 25.1 Å². The summed E-state index contributed by atoms with van der Waals surface area (Å²) in [6, 6.07) is 7.35. The van der Waals surface area contributed by atoms with Crippen LogP contribution >= 0.6 is 11.6 Å². The molecular formula is C23H23ClN4O3. The topological polar surface area (TPSA) is 87.6 Å². The number of nitrogens with one attached hydrogen (secondary N) is 1. The van der Waals surface area contributed by atoms with E-state index in [-0.39, 0.29) is 22.7 Å². The van der Waals surface area contributed by atoms with Crippen molar-refractivity contribution >= 4 is 34.4 Å². The van der Waals surface area contributed by atoms with Crippen molar-refractivity contribution in [1.82, 2.24) is 14.9 Å². The van der Waals surface area contributed by atoms with Gasteiger partial charge in [0.05, 0.1) is 17.6 Å². The third kappa shape index (κ3) is 4.01. The fourth-order valence-corrected chi connectivity index (χ4v) is 4.22. The normalized spacial score (nSPS) is 15.8. The summed E-state index contributed by atoms with van der Waals surface area (Å²) in [5.41, 5.74) is 3.16. The lowest BCUT2D eigenvalue weighted by molar-refractivity contribution is -0.125. The summed E-state index contributed by atoms with van der Waals surface area (Å²) in [5, 5.41) is 14.6. The molecule has 2 heterocycles. The second-order valence-corrected chi connectivity index (χ2v) is 7.88. The van der Waals surface area contributed by atoms with Crippen molar-refractivity contribution in [3.8, 4) is 22.6 Å². The van der Waals surface area contributed by atoms with Crippen molar-refractivity contribution in [3.63, 3.8) is 0 Å². The molecule has 0 radical (unpaired) electrons. The molecule has 31 heavy (non-hydrogen) atoms. The summed E-state index contributed by atoms with van der Waals surface area (Å²) in [5.74, 6) is 0.990.